The maximum Gasteiger partial charge on any atom is 0.320 e. The Morgan fingerprint density at radius 3 is 2.40 bits per heavy atom. The Balaban J connectivity index is 2.20. The van der Waals surface area contributed by atoms with Gasteiger partial charge in [0, 0.05) is 22.9 Å². The van der Waals surface area contributed by atoms with Crippen LogP contribution in [0.25, 0.3) is 0 Å². The van der Waals surface area contributed by atoms with Gasteiger partial charge >= 0.3 is 5.97 Å². The minimum absolute atomic E-state index is 0.0857. The van der Waals surface area contributed by atoms with E-state index in [-0.39, 0.29) is 10.5 Å². The standard InChI is InChI=1S/C14H22N2O2S2/c15-11(14(17)18)4-2-1-3-5-12(19)13(20)10-6-8-16-9-7-10/h6-9,11-13,19-20H,1-5,15H2,(H,17,18)/t11?,12?,13-/m0/s1. The van der Waals surface area contributed by atoms with Crippen molar-refractivity contribution in [3.63, 3.8) is 0 Å². The number of nitrogens with two attached hydrogens (primary N) is 1. The van der Waals surface area contributed by atoms with Gasteiger partial charge in [-0.15, -0.1) is 0 Å². The molecule has 0 spiro atoms. The zero-order chi connectivity index (χ0) is 15.0. The summed E-state index contributed by atoms with van der Waals surface area (Å²) in [7, 11) is 0. The van der Waals surface area contributed by atoms with E-state index in [1.54, 1.807) is 12.4 Å². The van der Waals surface area contributed by atoms with Crippen LogP contribution in [0.2, 0.25) is 0 Å². The second-order valence-electron chi connectivity index (χ2n) is 4.88. The zero-order valence-electron chi connectivity index (χ0n) is 11.4. The molecule has 0 amide bonds. The summed E-state index contributed by atoms with van der Waals surface area (Å²) in [5.74, 6) is -0.926. The number of hydrogen-bond donors (Lipinski definition) is 4. The third-order valence-corrected chi connectivity index (χ3v) is 4.69. The molecule has 0 fully saturated rings. The summed E-state index contributed by atoms with van der Waals surface area (Å²) in [6, 6.07) is 3.16. The monoisotopic (exact) mass is 314 g/mol. The van der Waals surface area contributed by atoms with Gasteiger partial charge in [-0.05, 0) is 30.5 Å². The third kappa shape index (κ3) is 6.15. The molecule has 0 saturated heterocycles. The van der Waals surface area contributed by atoms with Crippen molar-refractivity contribution in [2.45, 2.75) is 48.6 Å². The number of aromatic nitrogens is 1. The quantitative estimate of drug-likeness (QED) is 0.417. The van der Waals surface area contributed by atoms with Gasteiger partial charge < -0.3 is 10.8 Å². The highest BCUT2D eigenvalue weighted by molar-refractivity contribution is 7.85. The number of pyridine rings is 1. The first-order valence-electron chi connectivity index (χ1n) is 6.77. The van der Waals surface area contributed by atoms with Crippen LogP contribution in [0.3, 0.4) is 0 Å². The first-order valence-corrected chi connectivity index (χ1v) is 7.80. The third-order valence-electron chi connectivity index (χ3n) is 3.24. The highest BCUT2D eigenvalue weighted by atomic mass is 32.1. The molecular weight excluding hydrogens is 292 g/mol. The van der Waals surface area contributed by atoms with Crippen molar-refractivity contribution in [2.24, 2.45) is 5.73 Å². The maximum atomic E-state index is 10.6. The number of carbonyl (C=O) groups is 1. The van der Waals surface area contributed by atoms with E-state index in [0.29, 0.717) is 6.42 Å². The summed E-state index contributed by atoms with van der Waals surface area (Å²) in [6.45, 7) is 0. The number of hydrogen-bond acceptors (Lipinski definition) is 5. The summed E-state index contributed by atoms with van der Waals surface area (Å²) in [4.78, 5) is 14.6. The first kappa shape index (κ1) is 17.3. The lowest BCUT2D eigenvalue weighted by atomic mass is 10.0. The number of thiol groups is 2. The van der Waals surface area contributed by atoms with Gasteiger partial charge in [0.25, 0.3) is 0 Å². The van der Waals surface area contributed by atoms with E-state index in [4.69, 9.17) is 10.8 Å². The maximum absolute atomic E-state index is 10.6. The molecule has 3 N–H and O–H groups in total. The molecule has 0 aliphatic carbocycles. The molecule has 1 aromatic rings. The molecule has 0 aliphatic rings. The number of aliphatic carboxylic acids is 1. The van der Waals surface area contributed by atoms with Gasteiger partial charge in [-0.1, -0.05) is 19.3 Å². The molecule has 20 heavy (non-hydrogen) atoms. The smallest absolute Gasteiger partial charge is 0.320 e. The predicted octanol–water partition coefficient (Wildman–Crippen LogP) is 2.71. The van der Waals surface area contributed by atoms with E-state index in [9.17, 15) is 4.79 Å². The van der Waals surface area contributed by atoms with Crippen LogP contribution in [0, 0.1) is 0 Å². The Kier molecular flexibility index (Phi) is 8.02. The fourth-order valence-corrected chi connectivity index (χ4v) is 2.63. The summed E-state index contributed by atoms with van der Waals surface area (Å²) < 4.78 is 0. The van der Waals surface area contributed by atoms with E-state index in [2.05, 4.69) is 30.2 Å². The minimum atomic E-state index is -0.926. The van der Waals surface area contributed by atoms with Crippen molar-refractivity contribution >= 4 is 31.2 Å². The largest absolute Gasteiger partial charge is 0.480 e. The second kappa shape index (κ2) is 9.26. The Morgan fingerprint density at radius 2 is 1.80 bits per heavy atom. The molecule has 3 atom stereocenters. The lowest BCUT2D eigenvalue weighted by molar-refractivity contribution is -0.138. The second-order valence-corrected chi connectivity index (χ2v) is 6.10. The van der Waals surface area contributed by atoms with Crippen LogP contribution in [0.4, 0.5) is 0 Å². The fourth-order valence-electron chi connectivity index (χ4n) is 1.96. The summed E-state index contributed by atoms with van der Waals surface area (Å²) >= 11 is 9.19. The average molecular weight is 314 g/mol. The van der Waals surface area contributed by atoms with E-state index in [0.717, 1.165) is 31.2 Å². The van der Waals surface area contributed by atoms with Crippen LogP contribution in [-0.2, 0) is 4.79 Å². The SMILES string of the molecule is NC(CCCCCC(S)[C@@H](S)c1ccncc1)C(=O)O. The van der Waals surface area contributed by atoms with Crippen LogP contribution in [0.15, 0.2) is 24.5 Å². The van der Waals surface area contributed by atoms with E-state index >= 15 is 0 Å². The number of rotatable bonds is 9. The van der Waals surface area contributed by atoms with E-state index in [1.807, 2.05) is 12.1 Å². The summed E-state index contributed by atoms with van der Waals surface area (Å²) in [6.07, 6.45) is 7.79. The minimum Gasteiger partial charge on any atom is -0.480 e. The molecule has 0 bridgehead atoms. The normalized spacial score (nSPS) is 15.6. The van der Waals surface area contributed by atoms with Gasteiger partial charge in [0.05, 0.1) is 0 Å². The zero-order valence-corrected chi connectivity index (χ0v) is 13.1. The van der Waals surface area contributed by atoms with E-state index < -0.39 is 12.0 Å². The van der Waals surface area contributed by atoms with Crippen LogP contribution in [0.1, 0.15) is 42.9 Å². The van der Waals surface area contributed by atoms with Gasteiger partial charge in [0.1, 0.15) is 6.04 Å². The average Bonchev–Trinajstić information content (AvgIpc) is 2.46. The predicted molar refractivity (Wildman–Crippen MR) is 87.4 cm³/mol. The molecule has 4 nitrogen and oxygen atoms in total. The van der Waals surface area contributed by atoms with Crippen LogP contribution in [0.5, 0.6) is 0 Å². The van der Waals surface area contributed by atoms with E-state index in [1.165, 1.54) is 0 Å². The van der Waals surface area contributed by atoms with Crippen LogP contribution in [-0.4, -0.2) is 27.4 Å². The molecule has 0 aromatic carbocycles. The highest BCUT2D eigenvalue weighted by Crippen LogP contribution is 2.30. The highest BCUT2D eigenvalue weighted by Gasteiger charge is 2.16. The van der Waals surface area contributed by atoms with Crippen molar-refractivity contribution in [1.82, 2.24) is 4.98 Å². The van der Waals surface area contributed by atoms with Crippen LogP contribution >= 0.6 is 25.3 Å². The van der Waals surface area contributed by atoms with Gasteiger partial charge in [-0.3, -0.25) is 9.78 Å². The number of carboxylic acids is 1. The lowest BCUT2D eigenvalue weighted by Crippen LogP contribution is -2.29. The molecule has 0 radical (unpaired) electrons. The topological polar surface area (TPSA) is 76.2 Å². The number of carboxylic acid groups (broad SMARTS) is 1. The molecule has 1 aromatic heterocycles. The molecule has 0 saturated carbocycles. The Hall–Kier alpha value is -0.720. The molecule has 1 rings (SSSR count). The molecule has 6 heteroatoms. The van der Waals surface area contributed by atoms with Crippen molar-refractivity contribution in [2.75, 3.05) is 0 Å². The summed E-state index contributed by atoms with van der Waals surface area (Å²) in [5.41, 5.74) is 6.57. The van der Waals surface area contributed by atoms with Gasteiger partial charge in [0.15, 0.2) is 0 Å². The Labute approximate surface area is 131 Å². The van der Waals surface area contributed by atoms with Gasteiger partial charge in [0.2, 0.25) is 0 Å². The van der Waals surface area contributed by atoms with Gasteiger partial charge in [-0.2, -0.15) is 25.3 Å². The Morgan fingerprint density at radius 1 is 1.20 bits per heavy atom. The molecule has 112 valence electrons. The molecule has 2 unspecified atom stereocenters. The van der Waals surface area contributed by atoms with Gasteiger partial charge in [-0.25, -0.2) is 0 Å². The molecular formula is C14H22N2O2S2. The number of unbranched alkanes of at least 4 members (excludes halogenated alkanes) is 2. The first-order chi connectivity index (χ1) is 9.52. The Bertz CT molecular complexity index is 403. The lowest BCUT2D eigenvalue weighted by Gasteiger charge is -2.18. The fraction of sp³-hybridized carbons (Fsp3) is 0.571. The molecule has 1 heterocycles. The molecule has 0 aliphatic heterocycles. The van der Waals surface area contributed by atoms with Crippen molar-refractivity contribution < 1.29 is 9.90 Å². The van der Waals surface area contributed by atoms with Crippen LogP contribution < -0.4 is 5.73 Å². The summed E-state index contributed by atoms with van der Waals surface area (Å²) in [5, 5.41) is 8.93. The van der Waals surface area contributed by atoms with Crippen molar-refractivity contribution in [3.05, 3.63) is 30.1 Å². The van der Waals surface area contributed by atoms with Crippen molar-refractivity contribution in [1.29, 1.82) is 0 Å². The van der Waals surface area contributed by atoms with Crippen molar-refractivity contribution in [3.8, 4) is 0 Å². The number of nitrogens with zero attached hydrogens (tertiary/aromatic N) is 1.